The molecule has 2 atom stereocenters. The van der Waals surface area contributed by atoms with Crippen LogP contribution in [0.3, 0.4) is 0 Å². The van der Waals surface area contributed by atoms with Gasteiger partial charge in [0.2, 0.25) is 0 Å². The first-order valence-corrected chi connectivity index (χ1v) is 20.3. The summed E-state index contributed by atoms with van der Waals surface area (Å²) in [6.45, 7) is 0. The molecule has 2 bridgehead atoms. The normalized spacial score (nSPS) is 14.7. The van der Waals surface area contributed by atoms with Crippen molar-refractivity contribution in [1.29, 1.82) is 0 Å². The maximum atomic E-state index is 5.21. The smallest absolute Gasteiger partial charge is 0.164 e. The van der Waals surface area contributed by atoms with Gasteiger partial charge in [0.05, 0.1) is 0 Å². The Morgan fingerprint density at radius 2 is 0.617 bits per heavy atom. The zero-order chi connectivity index (χ0) is 39.6. The maximum Gasteiger partial charge on any atom is 0.164 e. The highest BCUT2D eigenvalue weighted by atomic mass is 15.0. The molecule has 0 radical (unpaired) electrons. The maximum absolute atomic E-state index is 5.21. The summed E-state index contributed by atoms with van der Waals surface area (Å²) in [5.74, 6) is 3.99. The van der Waals surface area contributed by atoms with Crippen LogP contribution in [0.5, 0.6) is 0 Å². The van der Waals surface area contributed by atoms with E-state index in [1.807, 2.05) is 78.9 Å². The molecule has 0 spiro atoms. The third-order valence-corrected chi connectivity index (χ3v) is 11.9. The molecule has 3 aliphatic rings. The number of rotatable bonds is 6. The first kappa shape index (κ1) is 34.1. The van der Waals surface area contributed by atoms with Crippen molar-refractivity contribution in [2.24, 2.45) is 0 Å². The van der Waals surface area contributed by atoms with Crippen molar-refractivity contribution in [2.75, 3.05) is 0 Å². The molecule has 6 nitrogen and oxygen atoms in total. The van der Waals surface area contributed by atoms with Crippen molar-refractivity contribution in [3.63, 3.8) is 0 Å². The van der Waals surface area contributed by atoms with Crippen LogP contribution in [-0.2, 0) is 0 Å². The molecule has 8 aromatic carbocycles. The third kappa shape index (κ3) is 5.64. The minimum atomic E-state index is 0.0382. The van der Waals surface area contributed by atoms with Gasteiger partial charge in [-0.25, -0.2) is 29.9 Å². The molecule has 0 N–H and O–H groups in total. The van der Waals surface area contributed by atoms with Crippen LogP contribution in [0.1, 0.15) is 45.2 Å². The first-order valence-electron chi connectivity index (χ1n) is 20.3. The monoisotopic (exact) mass is 766 g/mol. The highest BCUT2D eigenvalue weighted by Crippen LogP contribution is 2.56. The van der Waals surface area contributed by atoms with Crippen molar-refractivity contribution in [1.82, 2.24) is 29.9 Å². The van der Waals surface area contributed by atoms with Crippen LogP contribution in [0.4, 0.5) is 0 Å². The number of benzene rings is 8. The molecule has 0 aliphatic heterocycles. The number of hydrogen-bond acceptors (Lipinski definition) is 6. The lowest BCUT2D eigenvalue weighted by Crippen LogP contribution is -2.27. The fourth-order valence-electron chi connectivity index (χ4n) is 9.20. The Bertz CT molecular complexity index is 3210. The average Bonchev–Trinajstić information content (AvgIpc) is 3.33. The van der Waals surface area contributed by atoms with Gasteiger partial charge >= 0.3 is 0 Å². The van der Waals surface area contributed by atoms with Gasteiger partial charge in [0, 0.05) is 45.2 Å². The Labute approximate surface area is 347 Å². The van der Waals surface area contributed by atoms with Gasteiger partial charge in [0.1, 0.15) is 0 Å². The molecule has 280 valence electrons. The summed E-state index contributed by atoms with van der Waals surface area (Å²) in [5, 5.41) is 2.25. The molecule has 0 saturated carbocycles. The van der Waals surface area contributed by atoms with Gasteiger partial charge in [-0.2, -0.15) is 0 Å². The Morgan fingerprint density at radius 3 is 1.10 bits per heavy atom. The highest BCUT2D eigenvalue weighted by Gasteiger charge is 2.41. The second-order valence-corrected chi connectivity index (χ2v) is 15.4. The number of nitrogens with zero attached hydrogens (tertiary/aromatic N) is 6. The summed E-state index contributed by atoms with van der Waals surface area (Å²) in [5.41, 5.74) is 13.6. The molecule has 0 amide bonds. The Morgan fingerprint density at radius 1 is 0.250 bits per heavy atom. The number of hydrogen-bond donors (Lipinski definition) is 0. The largest absolute Gasteiger partial charge is 0.208 e. The van der Waals surface area contributed by atoms with E-state index in [1.165, 1.54) is 33.4 Å². The molecule has 2 unspecified atom stereocenters. The average molecular weight is 767 g/mol. The lowest BCUT2D eigenvalue weighted by molar-refractivity contribution is 0.754. The molecule has 0 fully saturated rings. The zero-order valence-electron chi connectivity index (χ0n) is 32.3. The van der Waals surface area contributed by atoms with Gasteiger partial charge in [0.15, 0.2) is 34.9 Å². The molecular weight excluding hydrogens is 733 g/mol. The van der Waals surface area contributed by atoms with Crippen LogP contribution >= 0.6 is 0 Å². The minimum Gasteiger partial charge on any atom is -0.208 e. The Hall–Kier alpha value is -7.96. The lowest BCUT2D eigenvalue weighted by atomic mass is 9.61. The lowest BCUT2D eigenvalue weighted by Gasteiger charge is -2.42. The van der Waals surface area contributed by atoms with Gasteiger partial charge in [-0.15, -0.1) is 0 Å². The fraction of sp³-hybridized carbons (Fsp3) is 0.0370. The van der Waals surface area contributed by atoms with E-state index in [9.17, 15) is 0 Å². The van der Waals surface area contributed by atoms with Gasteiger partial charge < -0.3 is 0 Å². The second-order valence-electron chi connectivity index (χ2n) is 15.4. The topological polar surface area (TPSA) is 77.3 Å². The molecular formula is C54H34N6. The van der Waals surface area contributed by atoms with E-state index in [1.54, 1.807) is 0 Å². The van der Waals surface area contributed by atoms with Crippen LogP contribution in [0.2, 0.25) is 0 Å². The predicted octanol–water partition coefficient (Wildman–Crippen LogP) is 12.2. The molecule has 13 rings (SSSR count). The third-order valence-electron chi connectivity index (χ3n) is 11.9. The van der Waals surface area contributed by atoms with Gasteiger partial charge in [-0.05, 0) is 56.3 Å². The molecule has 10 aromatic rings. The van der Waals surface area contributed by atoms with E-state index in [0.717, 1.165) is 44.2 Å². The number of fused-ring (bicyclic) bond motifs is 1. The summed E-state index contributed by atoms with van der Waals surface area (Å²) >= 11 is 0. The summed E-state index contributed by atoms with van der Waals surface area (Å²) in [6.07, 6.45) is 0. The molecule has 2 aromatic heterocycles. The van der Waals surface area contributed by atoms with Gasteiger partial charge in [-0.3, -0.25) is 0 Å². The Kier molecular flexibility index (Phi) is 7.88. The fourth-order valence-corrected chi connectivity index (χ4v) is 9.20. The number of aromatic nitrogens is 6. The minimum absolute atomic E-state index is 0.0382. The molecule has 3 aliphatic carbocycles. The van der Waals surface area contributed by atoms with Crippen molar-refractivity contribution in [2.45, 2.75) is 11.8 Å². The van der Waals surface area contributed by atoms with Crippen LogP contribution < -0.4 is 0 Å². The Balaban J connectivity index is 0.999. The van der Waals surface area contributed by atoms with Crippen LogP contribution in [-0.4, -0.2) is 29.9 Å². The molecule has 2 heterocycles. The standard InChI is InChI=1S/C54H34N6/c1-4-16-34(17-5-1)49-55-50(35-18-6-2-7-19-35)57-52(56-49)37-27-29-42-45(31-37)47-40-24-12-13-25-41(40)48(42)46-32-38(28-30-43(46)47)53-58-51(36-20-8-3-9-21-36)59-54(60-53)44-26-14-22-33-15-10-11-23-39(33)44/h1-32,47-48H. The summed E-state index contributed by atoms with van der Waals surface area (Å²) in [7, 11) is 0. The summed E-state index contributed by atoms with van der Waals surface area (Å²) in [4.78, 5) is 30.5. The first-order chi connectivity index (χ1) is 29.7. The van der Waals surface area contributed by atoms with Crippen LogP contribution in [0, 0.1) is 0 Å². The van der Waals surface area contributed by atoms with E-state index >= 15 is 0 Å². The summed E-state index contributed by atoms with van der Waals surface area (Å²) < 4.78 is 0. The second kappa shape index (κ2) is 13.9. The summed E-state index contributed by atoms with van der Waals surface area (Å²) in [6, 6.07) is 67.6. The SMILES string of the molecule is c1ccc(-c2nc(-c3ccccc3)nc(-c3ccc4c(c3)C3c5ccccc5C4c4cc(-c5nc(-c6ccccc6)nc(-c6cccc7ccccc67)n5)ccc43)n2)cc1. The zero-order valence-corrected chi connectivity index (χ0v) is 32.3. The van der Waals surface area contributed by atoms with Crippen molar-refractivity contribution >= 4 is 10.8 Å². The van der Waals surface area contributed by atoms with Gasteiger partial charge in [0.25, 0.3) is 0 Å². The highest BCUT2D eigenvalue weighted by molar-refractivity contribution is 5.95. The van der Waals surface area contributed by atoms with Crippen molar-refractivity contribution in [3.8, 4) is 68.3 Å². The van der Waals surface area contributed by atoms with Crippen LogP contribution in [0.15, 0.2) is 194 Å². The van der Waals surface area contributed by atoms with Crippen LogP contribution in [0.25, 0.3) is 79.1 Å². The molecule has 6 heteroatoms. The van der Waals surface area contributed by atoms with Crippen molar-refractivity contribution in [3.05, 3.63) is 228 Å². The van der Waals surface area contributed by atoms with Gasteiger partial charge in [-0.1, -0.05) is 182 Å². The van der Waals surface area contributed by atoms with Crippen molar-refractivity contribution < 1.29 is 0 Å². The molecule has 0 saturated heterocycles. The van der Waals surface area contributed by atoms with E-state index in [0.29, 0.717) is 34.9 Å². The van der Waals surface area contributed by atoms with E-state index in [4.69, 9.17) is 29.9 Å². The van der Waals surface area contributed by atoms with E-state index < -0.39 is 0 Å². The molecule has 60 heavy (non-hydrogen) atoms. The van der Waals surface area contributed by atoms with E-state index in [2.05, 4.69) is 115 Å². The van der Waals surface area contributed by atoms with E-state index in [-0.39, 0.29) is 11.8 Å². The quantitative estimate of drug-likeness (QED) is 0.168. The predicted molar refractivity (Wildman–Crippen MR) is 238 cm³/mol.